The third-order valence-corrected chi connectivity index (χ3v) is 2.56. The summed E-state index contributed by atoms with van der Waals surface area (Å²) >= 11 is 11.5. The minimum Gasteiger partial charge on any atom is -0.471 e. The molecule has 0 spiro atoms. The molecule has 6 heteroatoms. The van der Waals surface area contributed by atoms with Crippen molar-refractivity contribution in [2.24, 2.45) is 0 Å². The van der Waals surface area contributed by atoms with E-state index in [1.807, 2.05) is 6.07 Å². The molecule has 1 aromatic heterocycles. The summed E-state index contributed by atoms with van der Waals surface area (Å²) in [6.07, 6.45) is 0.956. The molecule has 17 heavy (non-hydrogen) atoms. The van der Waals surface area contributed by atoms with Crippen LogP contribution in [0.15, 0.2) is 30.5 Å². The van der Waals surface area contributed by atoms with Gasteiger partial charge in [-0.3, -0.25) is 0 Å². The molecule has 0 N–H and O–H groups in total. The third-order valence-electron chi connectivity index (χ3n) is 2.00. The van der Waals surface area contributed by atoms with Gasteiger partial charge < -0.3 is 4.74 Å². The molecular weight excluding hydrogens is 266 g/mol. The molecule has 0 aliphatic rings. The maximum Gasteiger partial charge on any atom is 0.255 e. The lowest BCUT2D eigenvalue weighted by molar-refractivity contribution is 0.276. The first-order valence-corrected chi connectivity index (χ1v) is 5.46. The summed E-state index contributed by atoms with van der Waals surface area (Å²) in [6.45, 7) is 0.115. The van der Waals surface area contributed by atoms with Crippen LogP contribution in [-0.4, -0.2) is 9.97 Å². The maximum atomic E-state index is 13.2. The van der Waals surface area contributed by atoms with E-state index >= 15 is 0 Å². The van der Waals surface area contributed by atoms with Crippen LogP contribution in [0.4, 0.5) is 4.39 Å². The largest absolute Gasteiger partial charge is 0.471 e. The zero-order valence-corrected chi connectivity index (χ0v) is 10.0. The van der Waals surface area contributed by atoms with Gasteiger partial charge in [-0.1, -0.05) is 29.8 Å². The fourth-order valence-corrected chi connectivity index (χ4v) is 1.51. The Morgan fingerprint density at radius 2 is 2.00 bits per heavy atom. The molecule has 2 aromatic rings. The van der Waals surface area contributed by atoms with Crippen molar-refractivity contribution in [2.45, 2.75) is 6.61 Å². The second-order valence-corrected chi connectivity index (χ2v) is 3.92. The van der Waals surface area contributed by atoms with Gasteiger partial charge in [-0.25, -0.2) is 4.98 Å². The van der Waals surface area contributed by atoms with Gasteiger partial charge in [0.1, 0.15) is 6.61 Å². The monoisotopic (exact) mass is 272 g/mol. The van der Waals surface area contributed by atoms with Crippen LogP contribution < -0.4 is 4.74 Å². The van der Waals surface area contributed by atoms with Crippen LogP contribution in [0.5, 0.6) is 5.88 Å². The molecule has 1 aromatic carbocycles. The fourth-order valence-electron chi connectivity index (χ4n) is 1.19. The molecule has 2 rings (SSSR count). The lowest BCUT2D eigenvalue weighted by Crippen LogP contribution is -2.01. The Kier molecular flexibility index (Phi) is 3.76. The lowest BCUT2D eigenvalue weighted by atomic mass is 10.2. The number of halogens is 3. The third kappa shape index (κ3) is 3.05. The van der Waals surface area contributed by atoms with Gasteiger partial charge in [0, 0.05) is 10.6 Å². The summed E-state index contributed by atoms with van der Waals surface area (Å²) in [5.74, 6) is -0.855. The average molecular weight is 273 g/mol. The van der Waals surface area contributed by atoms with Gasteiger partial charge >= 0.3 is 0 Å². The van der Waals surface area contributed by atoms with Gasteiger partial charge in [-0.15, -0.1) is 0 Å². The predicted molar refractivity (Wildman–Crippen MR) is 62.8 cm³/mol. The van der Waals surface area contributed by atoms with Crippen molar-refractivity contribution in [1.82, 2.24) is 9.97 Å². The van der Waals surface area contributed by atoms with Crippen molar-refractivity contribution in [2.75, 3.05) is 0 Å². The predicted octanol–water partition coefficient (Wildman–Crippen LogP) is 3.50. The van der Waals surface area contributed by atoms with Crippen molar-refractivity contribution in [3.05, 3.63) is 52.1 Å². The molecule has 0 radical (unpaired) electrons. The molecule has 0 aliphatic carbocycles. The van der Waals surface area contributed by atoms with E-state index < -0.39 is 5.82 Å². The highest BCUT2D eigenvalue weighted by atomic mass is 35.5. The molecule has 0 saturated heterocycles. The van der Waals surface area contributed by atoms with Crippen LogP contribution in [0, 0.1) is 5.82 Å². The Bertz CT molecular complexity index is 537. The van der Waals surface area contributed by atoms with Crippen LogP contribution >= 0.6 is 23.2 Å². The molecule has 88 valence electrons. The smallest absolute Gasteiger partial charge is 0.255 e. The van der Waals surface area contributed by atoms with Crippen molar-refractivity contribution in [1.29, 1.82) is 0 Å². The van der Waals surface area contributed by atoms with Crippen LogP contribution in [0.3, 0.4) is 0 Å². The highest BCUT2D eigenvalue weighted by molar-refractivity contribution is 6.31. The number of hydrogen-bond donors (Lipinski definition) is 0. The second kappa shape index (κ2) is 5.29. The first-order valence-electron chi connectivity index (χ1n) is 4.71. The average Bonchev–Trinajstić information content (AvgIpc) is 2.32. The van der Waals surface area contributed by atoms with E-state index in [9.17, 15) is 4.39 Å². The first-order chi connectivity index (χ1) is 8.16. The van der Waals surface area contributed by atoms with Crippen molar-refractivity contribution >= 4 is 23.2 Å². The molecule has 0 saturated carbocycles. The Balaban J connectivity index is 2.12. The standard InChI is InChI=1S/C11H7Cl2FN2O/c12-8-4-2-1-3-7(8)6-17-10-9(14)5-15-11(13)16-10/h1-5H,6H2. The SMILES string of the molecule is Fc1cnc(Cl)nc1OCc1ccccc1Cl. The Morgan fingerprint density at radius 3 is 2.76 bits per heavy atom. The van der Waals surface area contributed by atoms with E-state index in [1.165, 1.54) is 0 Å². The molecule has 3 nitrogen and oxygen atoms in total. The van der Waals surface area contributed by atoms with E-state index in [4.69, 9.17) is 27.9 Å². The van der Waals surface area contributed by atoms with Gasteiger partial charge in [-0.05, 0) is 17.7 Å². The molecule has 0 amide bonds. The van der Waals surface area contributed by atoms with Crippen molar-refractivity contribution < 1.29 is 9.13 Å². The van der Waals surface area contributed by atoms with Gasteiger partial charge in [0.2, 0.25) is 11.1 Å². The topological polar surface area (TPSA) is 35.0 Å². The molecule has 0 unspecified atom stereocenters. The number of hydrogen-bond acceptors (Lipinski definition) is 3. The maximum absolute atomic E-state index is 13.2. The van der Waals surface area contributed by atoms with E-state index in [1.54, 1.807) is 18.2 Å². The summed E-state index contributed by atoms with van der Waals surface area (Å²) in [7, 11) is 0. The number of rotatable bonds is 3. The molecular formula is C11H7Cl2FN2O. The van der Waals surface area contributed by atoms with Crippen LogP contribution in [0.2, 0.25) is 10.3 Å². The zero-order chi connectivity index (χ0) is 12.3. The van der Waals surface area contributed by atoms with E-state index in [-0.39, 0.29) is 17.8 Å². The minimum absolute atomic E-state index is 0.0689. The normalized spacial score (nSPS) is 10.3. The number of benzene rings is 1. The molecule has 0 fully saturated rings. The van der Waals surface area contributed by atoms with Crippen LogP contribution in [0.1, 0.15) is 5.56 Å². The number of ether oxygens (including phenoxy) is 1. The zero-order valence-electron chi connectivity index (χ0n) is 8.53. The van der Waals surface area contributed by atoms with E-state index in [0.29, 0.717) is 5.02 Å². The quantitative estimate of drug-likeness (QED) is 0.803. The van der Waals surface area contributed by atoms with Crippen molar-refractivity contribution in [3.8, 4) is 5.88 Å². The number of nitrogens with zero attached hydrogens (tertiary/aromatic N) is 2. The Hall–Kier alpha value is -1.39. The van der Waals surface area contributed by atoms with Gasteiger partial charge in [0.25, 0.3) is 5.88 Å². The molecule has 0 bridgehead atoms. The number of aromatic nitrogens is 2. The van der Waals surface area contributed by atoms with Gasteiger partial charge in [0.15, 0.2) is 0 Å². The molecule has 0 aliphatic heterocycles. The lowest BCUT2D eigenvalue weighted by Gasteiger charge is -2.07. The summed E-state index contributed by atoms with van der Waals surface area (Å²) in [6, 6.07) is 7.12. The highest BCUT2D eigenvalue weighted by Crippen LogP contribution is 2.19. The molecule has 1 heterocycles. The van der Waals surface area contributed by atoms with Crippen molar-refractivity contribution in [3.63, 3.8) is 0 Å². The van der Waals surface area contributed by atoms with E-state index in [2.05, 4.69) is 9.97 Å². The summed E-state index contributed by atoms with van der Waals surface area (Å²) in [5.41, 5.74) is 0.739. The Labute approximate surface area is 107 Å². The van der Waals surface area contributed by atoms with Gasteiger partial charge in [-0.2, -0.15) is 9.37 Å². The highest BCUT2D eigenvalue weighted by Gasteiger charge is 2.08. The fraction of sp³-hybridized carbons (Fsp3) is 0.0909. The summed E-state index contributed by atoms with van der Waals surface area (Å²) in [5, 5.41) is 0.480. The summed E-state index contributed by atoms with van der Waals surface area (Å²) < 4.78 is 18.4. The second-order valence-electron chi connectivity index (χ2n) is 3.17. The van der Waals surface area contributed by atoms with E-state index in [0.717, 1.165) is 11.8 Å². The minimum atomic E-state index is -0.665. The molecule has 0 atom stereocenters. The van der Waals surface area contributed by atoms with Gasteiger partial charge in [0.05, 0.1) is 6.20 Å². The van der Waals surface area contributed by atoms with Crippen LogP contribution in [-0.2, 0) is 6.61 Å². The first kappa shape index (κ1) is 12.1. The van der Waals surface area contributed by atoms with Crippen LogP contribution in [0.25, 0.3) is 0 Å². The summed E-state index contributed by atoms with van der Waals surface area (Å²) in [4.78, 5) is 7.12. The Morgan fingerprint density at radius 1 is 1.24 bits per heavy atom.